The molecule has 0 radical (unpaired) electrons. The topological polar surface area (TPSA) is 29.1 Å². The summed E-state index contributed by atoms with van der Waals surface area (Å²) >= 11 is 0. The Hall–Kier alpha value is -2.16. The van der Waals surface area contributed by atoms with Crippen molar-refractivity contribution in [3.63, 3.8) is 0 Å². The van der Waals surface area contributed by atoms with Crippen molar-refractivity contribution in [1.82, 2.24) is 5.32 Å². The van der Waals surface area contributed by atoms with Crippen LogP contribution in [0.15, 0.2) is 54.6 Å². The minimum atomic E-state index is -0.565. The van der Waals surface area contributed by atoms with Crippen molar-refractivity contribution >= 4 is 5.91 Å². The second-order valence-electron chi connectivity index (χ2n) is 7.49. The van der Waals surface area contributed by atoms with E-state index in [0.29, 0.717) is 5.92 Å². The van der Waals surface area contributed by atoms with Crippen LogP contribution in [0.25, 0.3) is 0 Å². The van der Waals surface area contributed by atoms with E-state index in [0.717, 1.165) is 44.1 Å². The highest BCUT2D eigenvalue weighted by atomic mass is 19.1. The van der Waals surface area contributed by atoms with Crippen molar-refractivity contribution in [2.45, 2.75) is 55.9 Å². The number of benzene rings is 2. The van der Waals surface area contributed by atoms with Gasteiger partial charge < -0.3 is 5.32 Å². The lowest BCUT2D eigenvalue weighted by Gasteiger charge is -2.36. The smallest absolute Gasteiger partial charge is 0.230 e. The molecule has 0 aromatic heterocycles. The predicted molar refractivity (Wildman–Crippen MR) is 96.9 cm³/mol. The number of rotatable bonds is 4. The van der Waals surface area contributed by atoms with Crippen molar-refractivity contribution in [3.05, 3.63) is 71.5 Å². The van der Waals surface area contributed by atoms with Crippen LogP contribution in [-0.2, 0) is 10.2 Å². The minimum Gasteiger partial charge on any atom is -0.352 e. The molecule has 2 aromatic rings. The number of halogens is 1. The summed E-state index contributed by atoms with van der Waals surface area (Å²) in [6, 6.07) is 17.2. The normalized spacial score (nSPS) is 24.5. The molecule has 130 valence electrons. The maximum atomic E-state index is 13.8. The number of amides is 1. The highest BCUT2D eigenvalue weighted by Crippen LogP contribution is 2.44. The Morgan fingerprint density at radius 1 is 1.00 bits per heavy atom. The van der Waals surface area contributed by atoms with Gasteiger partial charge in [0, 0.05) is 12.0 Å². The van der Waals surface area contributed by atoms with E-state index in [1.54, 1.807) is 12.1 Å². The molecule has 0 saturated heterocycles. The highest BCUT2D eigenvalue weighted by molar-refractivity contribution is 5.89. The first-order chi connectivity index (χ1) is 12.2. The van der Waals surface area contributed by atoms with Crippen LogP contribution in [0, 0.1) is 5.82 Å². The number of hydrogen-bond acceptors (Lipinski definition) is 1. The molecule has 0 bridgehead atoms. The molecule has 1 amide bonds. The number of hydrogen-bond donors (Lipinski definition) is 1. The van der Waals surface area contributed by atoms with Gasteiger partial charge in [-0.1, -0.05) is 61.7 Å². The third kappa shape index (κ3) is 3.20. The van der Waals surface area contributed by atoms with Gasteiger partial charge in [-0.05, 0) is 42.5 Å². The molecule has 2 nitrogen and oxygen atoms in total. The lowest BCUT2D eigenvalue weighted by molar-refractivity contribution is -0.128. The number of carbonyl (C=O) groups is 1. The Kier molecular flexibility index (Phi) is 4.32. The maximum absolute atomic E-state index is 13.8. The standard InChI is InChI=1S/C22H24FNO/c23-18-11-7-10-17(14-18)22(12-5-2-6-13-22)21(25)24-20-15-19(20)16-8-3-1-4-9-16/h1,3-4,7-11,14,19-20H,2,5-6,12-13,15H2,(H,24,25)/t19-,20-/m0/s1. The quantitative estimate of drug-likeness (QED) is 0.861. The van der Waals surface area contributed by atoms with Gasteiger partial charge in [-0.2, -0.15) is 0 Å². The average Bonchev–Trinajstić information content (AvgIpc) is 3.42. The van der Waals surface area contributed by atoms with Gasteiger partial charge in [0.05, 0.1) is 5.41 Å². The molecule has 2 aliphatic carbocycles. The maximum Gasteiger partial charge on any atom is 0.230 e. The molecular formula is C22H24FNO. The van der Waals surface area contributed by atoms with Crippen LogP contribution < -0.4 is 5.32 Å². The average molecular weight is 337 g/mol. The van der Waals surface area contributed by atoms with Crippen molar-refractivity contribution in [2.24, 2.45) is 0 Å². The van der Waals surface area contributed by atoms with Crippen LogP contribution in [-0.4, -0.2) is 11.9 Å². The van der Waals surface area contributed by atoms with Crippen LogP contribution in [0.3, 0.4) is 0 Å². The summed E-state index contributed by atoms with van der Waals surface area (Å²) in [5.41, 5.74) is 1.56. The van der Waals surface area contributed by atoms with Gasteiger partial charge in [-0.15, -0.1) is 0 Å². The van der Waals surface area contributed by atoms with Crippen molar-refractivity contribution in [2.75, 3.05) is 0 Å². The summed E-state index contributed by atoms with van der Waals surface area (Å²) in [4.78, 5) is 13.2. The number of carbonyl (C=O) groups excluding carboxylic acids is 1. The van der Waals surface area contributed by atoms with E-state index in [1.807, 2.05) is 24.3 Å². The van der Waals surface area contributed by atoms with Crippen molar-refractivity contribution in [3.8, 4) is 0 Å². The van der Waals surface area contributed by atoms with Gasteiger partial charge in [-0.3, -0.25) is 4.79 Å². The summed E-state index contributed by atoms with van der Waals surface area (Å²) in [6.45, 7) is 0. The van der Waals surface area contributed by atoms with Gasteiger partial charge in [0.2, 0.25) is 5.91 Å². The summed E-state index contributed by atoms with van der Waals surface area (Å²) in [5.74, 6) is 0.239. The highest BCUT2D eigenvalue weighted by Gasteiger charge is 2.46. The summed E-state index contributed by atoms with van der Waals surface area (Å²) in [5, 5.41) is 3.27. The van der Waals surface area contributed by atoms with Crippen LogP contribution in [0.5, 0.6) is 0 Å². The van der Waals surface area contributed by atoms with Crippen LogP contribution in [0.1, 0.15) is 55.6 Å². The SMILES string of the molecule is O=C(N[C@H]1C[C@H]1c1ccccc1)C1(c2cccc(F)c2)CCCCC1. The molecule has 0 unspecified atom stereocenters. The Labute approximate surface area is 148 Å². The molecule has 2 saturated carbocycles. The molecule has 2 fully saturated rings. The van der Waals surface area contributed by atoms with E-state index in [2.05, 4.69) is 17.4 Å². The largest absolute Gasteiger partial charge is 0.352 e. The first-order valence-corrected chi connectivity index (χ1v) is 9.31. The van der Waals surface area contributed by atoms with Gasteiger partial charge in [0.15, 0.2) is 0 Å². The van der Waals surface area contributed by atoms with Gasteiger partial charge in [-0.25, -0.2) is 4.39 Å². The molecule has 1 N–H and O–H groups in total. The molecule has 0 aliphatic heterocycles. The van der Waals surface area contributed by atoms with Crippen LogP contribution in [0.4, 0.5) is 4.39 Å². The monoisotopic (exact) mass is 337 g/mol. The Balaban J connectivity index is 1.53. The van der Waals surface area contributed by atoms with Crippen LogP contribution in [0.2, 0.25) is 0 Å². The zero-order valence-electron chi connectivity index (χ0n) is 14.4. The lowest BCUT2D eigenvalue weighted by atomic mass is 9.68. The molecule has 2 aliphatic rings. The zero-order valence-corrected chi connectivity index (χ0v) is 14.4. The third-order valence-electron chi connectivity index (χ3n) is 5.85. The van der Waals surface area contributed by atoms with E-state index < -0.39 is 5.41 Å². The summed E-state index contributed by atoms with van der Waals surface area (Å²) in [6.07, 6.45) is 5.82. The van der Waals surface area contributed by atoms with Crippen molar-refractivity contribution in [1.29, 1.82) is 0 Å². The van der Waals surface area contributed by atoms with E-state index in [1.165, 1.54) is 11.6 Å². The Morgan fingerprint density at radius 2 is 1.76 bits per heavy atom. The van der Waals surface area contributed by atoms with Crippen LogP contribution >= 0.6 is 0 Å². The van der Waals surface area contributed by atoms with Crippen molar-refractivity contribution < 1.29 is 9.18 Å². The fourth-order valence-corrected chi connectivity index (χ4v) is 4.32. The summed E-state index contributed by atoms with van der Waals surface area (Å²) in [7, 11) is 0. The third-order valence-corrected chi connectivity index (χ3v) is 5.85. The fraction of sp³-hybridized carbons (Fsp3) is 0.409. The zero-order chi connectivity index (χ0) is 17.3. The second-order valence-corrected chi connectivity index (χ2v) is 7.49. The molecule has 0 spiro atoms. The Morgan fingerprint density at radius 3 is 2.48 bits per heavy atom. The first-order valence-electron chi connectivity index (χ1n) is 9.31. The van der Waals surface area contributed by atoms with Gasteiger partial charge in [0.1, 0.15) is 5.82 Å². The van der Waals surface area contributed by atoms with Gasteiger partial charge >= 0.3 is 0 Å². The summed E-state index contributed by atoms with van der Waals surface area (Å²) < 4.78 is 13.8. The molecule has 2 aromatic carbocycles. The fourth-order valence-electron chi connectivity index (χ4n) is 4.32. The number of nitrogens with one attached hydrogen (secondary N) is 1. The van der Waals surface area contributed by atoms with E-state index in [-0.39, 0.29) is 17.8 Å². The van der Waals surface area contributed by atoms with E-state index in [9.17, 15) is 9.18 Å². The van der Waals surface area contributed by atoms with Gasteiger partial charge in [0.25, 0.3) is 0 Å². The van der Waals surface area contributed by atoms with E-state index >= 15 is 0 Å². The molecular weight excluding hydrogens is 313 g/mol. The predicted octanol–water partition coefficient (Wildman–Crippen LogP) is 4.70. The lowest BCUT2D eigenvalue weighted by Crippen LogP contribution is -2.46. The molecule has 3 heteroatoms. The molecule has 2 atom stereocenters. The first kappa shape index (κ1) is 16.3. The molecule has 0 heterocycles. The Bertz CT molecular complexity index is 752. The minimum absolute atomic E-state index is 0.0845. The molecule has 25 heavy (non-hydrogen) atoms. The second kappa shape index (κ2) is 6.62. The van der Waals surface area contributed by atoms with E-state index in [4.69, 9.17) is 0 Å². The molecule has 4 rings (SSSR count).